The lowest BCUT2D eigenvalue weighted by Gasteiger charge is -2.36. The number of methoxy groups -OCH3 is 1. The molecule has 33 heavy (non-hydrogen) atoms. The zero-order valence-electron chi connectivity index (χ0n) is 19.5. The number of rotatable bonds is 8. The first kappa shape index (κ1) is 24.3. The number of hydrogen-bond acceptors (Lipinski definition) is 4. The Hall–Kier alpha value is -3.35. The normalized spacial score (nSPS) is 15.1. The van der Waals surface area contributed by atoms with Gasteiger partial charge in [-0.1, -0.05) is 44.2 Å². The molecule has 1 fully saturated rings. The third kappa shape index (κ3) is 6.34. The summed E-state index contributed by atoms with van der Waals surface area (Å²) in [5.74, 6) is 0.257. The average Bonchev–Trinajstić information content (AvgIpc) is 2.85. The highest BCUT2D eigenvalue weighted by atomic mass is 16.5. The minimum Gasteiger partial charge on any atom is -0.496 e. The van der Waals surface area contributed by atoms with Crippen molar-refractivity contribution in [3.05, 3.63) is 65.7 Å². The van der Waals surface area contributed by atoms with Gasteiger partial charge in [0.15, 0.2) is 0 Å². The van der Waals surface area contributed by atoms with E-state index in [0.29, 0.717) is 55.3 Å². The molecule has 1 heterocycles. The summed E-state index contributed by atoms with van der Waals surface area (Å²) < 4.78 is 5.33. The van der Waals surface area contributed by atoms with Crippen molar-refractivity contribution in [1.82, 2.24) is 15.5 Å². The first-order valence-corrected chi connectivity index (χ1v) is 11.5. The van der Waals surface area contributed by atoms with E-state index in [4.69, 9.17) is 4.74 Å². The number of ether oxygens (including phenoxy) is 1. The molecule has 0 spiro atoms. The van der Waals surface area contributed by atoms with Crippen LogP contribution in [0.1, 0.15) is 47.4 Å². The summed E-state index contributed by atoms with van der Waals surface area (Å²) in [5, 5.41) is 5.91. The summed E-state index contributed by atoms with van der Waals surface area (Å²) in [6.45, 7) is 5.62. The number of nitrogens with one attached hydrogen (secondary N) is 2. The van der Waals surface area contributed by atoms with Gasteiger partial charge in [0.1, 0.15) is 11.8 Å². The molecule has 2 N–H and O–H groups in total. The maximum absolute atomic E-state index is 13.0. The van der Waals surface area contributed by atoms with Gasteiger partial charge in [0, 0.05) is 25.2 Å². The Bertz CT molecular complexity index is 953. The van der Waals surface area contributed by atoms with Crippen molar-refractivity contribution in [3.63, 3.8) is 0 Å². The van der Waals surface area contributed by atoms with Gasteiger partial charge in [0.05, 0.1) is 12.7 Å². The van der Waals surface area contributed by atoms with Crippen LogP contribution >= 0.6 is 0 Å². The van der Waals surface area contributed by atoms with Gasteiger partial charge in [-0.25, -0.2) is 0 Å². The summed E-state index contributed by atoms with van der Waals surface area (Å²) in [6, 6.07) is 15.4. The standard InChI is InChI=1S/C26H33N3O4/c1-18(2)17-27-25(31)23(28-24(30)20-9-5-4-6-10-20)19-13-15-29(16-14-19)26(32)21-11-7-8-12-22(21)33-3/h4-12,18-19,23H,13-17H2,1-3H3,(H,27,31)(H,28,30). The van der Waals surface area contributed by atoms with Gasteiger partial charge in [-0.05, 0) is 48.9 Å². The number of piperidine rings is 1. The molecule has 0 aliphatic carbocycles. The minimum absolute atomic E-state index is 0.0634. The van der Waals surface area contributed by atoms with E-state index in [9.17, 15) is 14.4 Å². The van der Waals surface area contributed by atoms with E-state index < -0.39 is 6.04 Å². The second-order valence-corrected chi connectivity index (χ2v) is 8.79. The molecule has 0 bridgehead atoms. The summed E-state index contributed by atoms with van der Waals surface area (Å²) in [7, 11) is 1.55. The number of nitrogens with zero attached hydrogens (tertiary/aromatic N) is 1. The van der Waals surface area contributed by atoms with Crippen LogP contribution in [-0.2, 0) is 4.79 Å². The molecule has 3 amide bonds. The molecule has 0 saturated carbocycles. The van der Waals surface area contributed by atoms with E-state index in [1.54, 1.807) is 48.4 Å². The Kier molecular flexibility index (Phi) is 8.46. The minimum atomic E-state index is -0.653. The Morgan fingerprint density at radius 2 is 1.64 bits per heavy atom. The van der Waals surface area contributed by atoms with E-state index in [1.165, 1.54) is 0 Å². The van der Waals surface area contributed by atoms with Crippen molar-refractivity contribution in [2.45, 2.75) is 32.7 Å². The average molecular weight is 452 g/mol. The molecular weight excluding hydrogens is 418 g/mol. The van der Waals surface area contributed by atoms with Crippen molar-refractivity contribution in [3.8, 4) is 5.75 Å². The van der Waals surface area contributed by atoms with Crippen LogP contribution in [0.25, 0.3) is 0 Å². The molecule has 7 heteroatoms. The monoisotopic (exact) mass is 451 g/mol. The Morgan fingerprint density at radius 1 is 1.00 bits per heavy atom. The molecule has 176 valence electrons. The molecular formula is C26H33N3O4. The highest BCUT2D eigenvalue weighted by Gasteiger charge is 2.34. The molecule has 7 nitrogen and oxygen atoms in total. The predicted octanol–water partition coefficient (Wildman–Crippen LogP) is 3.12. The van der Waals surface area contributed by atoms with Gasteiger partial charge in [-0.2, -0.15) is 0 Å². The molecule has 2 aromatic rings. The molecule has 1 atom stereocenters. The van der Waals surface area contributed by atoms with Crippen molar-refractivity contribution in [1.29, 1.82) is 0 Å². The fourth-order valence-electron chi connectivity index (χ4n) is 4.05. The van der Waals surface area contributed by atoms with Crippen LogP contribution in [0.2, 0.25) is 0 Å². The largest absolute Gasteiger partial charge is 0.496 e. The number of amides is 3. The van der Waals surface area contributed by atoms with Crippen LogP contribution in [0.4, 0.5) is 0 Å². The quantitative estimate of drug-likeness (QED) is 0.646. The van der Waals surface area contributed by atoms with Crippen LogP contribution in [0.3, 0.4) is 0 Å². The fraction of sp³-hybridized carbons (Fsp3) is 0.423. The highest BCUT2D eigenvalue weighted by molar-refractivity contribution is 5.98. The van der Waals surface area contributed by atoms with Gasteiger partial charge >= 0.3 is 0 Å². The molecule has 2 aromatic carbocycles. The summed E-state index contributed by atoms with van der Waals surface area (Å²) >= 11 is 0. The van der Waals surface area contributed by atoms with E-state index in [-0.39, 0.29) is 23.6 Å². The first-order chi connectivity index (χ1) is 15.9. The highest BCUT2D eigenvalue weighted by Crippen LogP contribution is 2.25. The summed E-state index contributed by atoms with van der Waals surface area (Å²) in [6.07, 6.45) is 1.24. The van der Waals surface area contributed by atoms with E-state index >= 15 is 0 Å². The Balaban J connectivity index is 1.69. The lowest BCUT2D eigenvalue weighted by atomic mass is 9.88. The maximum Gasteiger partial charge on any atom is 0.257 e. The number of para-hydroxylation sites is 1. The molecule has 0 aromatic heterocycles. The smallest absolute Gasteiger partial charge is 0.257 e. The number of carbonyl (C=O) groups excluding carboxylic acids is 3. The fourth-order valence-corrected chi connectivity index (χ4v) is 4.05. The molecule has 1 saturated heterocycles. The SMILES string of the molecule is COc1ccccc1C(=O)N1CCC(C(NC(=O)c2ccccc2)C(=O)NCC(C)C)CC1. The zero-order chi connectivity index (χ0) is 23.8. The topological polar surface area (TPSA) is 87.7 Å². The van der Waals surface area contributed by atoms with Crippen molar-refractivity contribution in [2.75, 3.05) is 26.7 Å². The van der Waals surface area contributed by atoms with Crippen molar-refractivity contribution in [2.24, 2.45) is 11.8 Å². The van der Waals surface area contributed by atoms with E-state index in [1.807, 2.05) is 32.0 Å². The Labute approximate surface area is 195 Å². The van der Waals surface area contributed by atoms with Crippen LogP contribution in [0.15, 0.2) is 54.6 Å². The second-order valence-electron chi connectivity index (χ2n) is 8.79. The summed E-state index contributed by atoms with van der Waals surface area (Å²) in [5.41, 5.74) is 1.05. The van der Waals surface area contributed by atoms with Gasteiger partial charge in [0.2, 0.25) is 5.91 Å². The molecule has 1 aliphatic rings. The molecule has 1 unspecified atom stereocenters. The van der Waals surface area contributed by atoms with E-state index in [2.05, 4.69) is 10.6 Å². The van der Waals surface area contributed by atoms with Gasteiger partial charge in [-0.15, -0.1) is 0 Å². The number of carbonyl (C=O) groups is 3. The van der Waals surface area contributed by atoms with Crippen LogP contribution in [0.5, 0.6) is 5.75 Å². The van der Waals surface area contributed by atoms with Crippen molar-refractivity contribution < 1.29 is 19.1 Å². The second kappa shape index (κ2) is 11.5. The number of hydrogen-bond donors (Lipinski definition) is 2. The lowest BCUT2D eigenvalue weighted by Crippen LogP contribution is -2.54. The van der Waals surface area contributed by atoms with Gasteiger partial charge < -0.3 is 20.3 Å². The maximum atomic E-state index is 13.0. The first-order valence-electron chi connectivity index (χ1n) is 11.5. The number of benzene rings is 2. The molecule has 3 rings (SSSR count). The van der Waals surface area contributed by atoms with Gasteiger partial charge in [0.25, 0.3) is 11.8 Å². The lowest BCUT2D eigenvalue weighted by molar-refractivity contribution is -0.124. The van der Waals surface area contributed by atoms with E-state index in [0.717, 1.165) is 0 Å². The zero-order valence-corrected chi connectivity index (χ0v) is 19.5. The third-order valence-electron chi connectivity index (χ3n) is 5.93. The summed E-state index contributed by atoms with van der Waals surface area (Å²) in [4.78, 5) is 40.6. The van der Waals surface area contributed by atoms with Crippen LogP contribution in [0, 0.1) is 11.8 Å². The third-order valence-corrected chi connectivity index (χ3v) is 5.93. The Morgan fingerprint density at radius 3 is 2.27 bits per heavy atom. The predicted molar refractivity (Wildman–Crippen MR) is 127 cm³/mol. The number of likely N-dealkylation sites (tertiary alicyclic amines) is 1. The van der Waals surface area contributed by atoms with Crippen LogP contribution < -0.4 is 15.4 Å². The van der Waals surface area contributed by atoms with Crippen molar-refractivity contribution >= 4 is 17.7 Å². The van der Waals surface area contributed by atoms with Crippen LogP contribution in [-0.4, -0.2) is 55.4 Å². The molecule has 0 radical (unpaired) electrons. The molecule has 1 aliphatic heterocycles. The van der Waals surface area contributed by atoms with Gasteiger partial charge in [-0.3, -0.25) is 14.4 Å².